The summed E-state index contributed by atoms with van der Waals surface area (Å²) in [4.78, 5) is 2.48. The molecule has 1 N–H and O–H groups in total. The van der Waals surface area contributed by atoms with Crippen molar-refractivity contribution in [3.05, 3.63) is 29.8 Å². The van der Waals surface area contributed by atoms with Gasteiger partial charge in [0, 0.05) is 6.04 Å². The number of hydrogen-bond donors (Lipinski definition) is 1. The number of likely N-dealkylation sites (tertiary alicyclic amines) is 1. The molecule has 2 rings (SSSR count). The Morgan fingerprint density at radius 2 is 1.95 bits per heavy atom. The Kier molecular flexibility index (Phi) is 4.83. The van der Waals surface area contributed by atoms with E-state index in [1.54, 1.807) is 7.11 Å². The van der Waals surface area contributed by atoms with E-state index in [-0.39, 0.29) is 6.10 Å². The molecule has 1 heterocycles. The fourth-order valence-electron chi connectivity index (χ4n) is 2.85. The number of rotatable bonds is 4. The van der Waals surface area contributed by atoms with Crippen molar-refractivity contribution in [2.24, 2.45) is 5.92 Å². The maximum Gasteiger partial charge on any atom is 0.119 e. The van der Waals surface area contributed by atoms with Gasteiger partial charge in [0.05, 0.1) is 13.2 Å². The third-order valence-electron chi connectivity index (χ3n) is 4.19. The summed E-state index contributed by atoms with van der Waals surface area (Å²) in [6.45, 7) is 6.64. The molecule has 1 saturated heterocycles. The van der Waals surface area contributed by atoms with Crippen LogP contribution in [0, 0.1) is 5.92 Å². The lowest BCUT2D eigenvalue weighted by Gasteiger charge is -2.36. The van der Waals surface area contributed by atoms with Crippen LogP contribution in [0.2, 0.25) is 0 Å². The molecule has 0 aliphatic carbocycles. The van der Waals surface area contributed by atoms with Gasteiger partial charge in [-0.1, -0.05) is 12.1 Å². The van der Waals surface area contributed by atoms with Gasteiger partial charge in [-0.05, 0) is 63.4 Å². The minimum absolute atomic E-state index is 0.363. The minimum Gasteiger partial charge on any atom is -0.497 e. The molecule has 1 unspecified atom stereocenters. The summed E-state index contributed by atoms with van der Waals surface area (Å²) in [5, 5.41) is 10.5. The van der Waals surface area contributed by atoms with Crippen molar-refractivity contribution in [3.8, 4) is 5.75 Å². The molecule has 1 fully saturated rings. The van der Waals surface area contributed by atoms with E-state index in [0.717, 1.165) is 37.2 Å². The minimum atomic E-state index is -0.371. The van der Waals surface area contributed by atoms with Gasteiger partial charge in [-0.15, -0.1) is 0 Å². The monoisotopic (exact) mass is 263 g/mol. The largest absolute Gasteiger partial charge is 0.497 e. The van der Waals surface area contributed by atoms with Crippen LogP contribution in [-0.2, 0) is 0 Å². The van der Waals surface area contributed by atoms with Crippen molar-refractivity contribution < 1.29 is 9.84 Å². The molecule has 1 aromatic rings. The van der Waals surface area contributed by atoms with Gasteiger partial charge in [0.2, 0.25) is 0 Å². The molecule has 3 nitrogen and oxygen atoms in total. The van der Waals surface area contributed by atoms with Crippen LogP contribution in [0.25, 0.3) is 0 Å². The normalized spacial score (nSPS) is 19.6. The second-order valence-electron chi connectivity index (χ2n) is 5.69. The summed E-state index contributed by atoms with van der Waals surface area (Å²) < 4.78 is 5.22. The first-order chi connectivity index (χ1) is 9.11. The zero-order chi connectivity index (χ0) is 13.8. The molecule has 1 aliphatic heterocycles. The molecule has 0 saturated carbocycles. The van der Waals surface area contributed by atoms with Gasteiger partial charge >= 0.3 is 0 Å². The number of hydrogen-bond acceptors (Lipinski definition) is 3. The quantitative estimate of drug-likeness (QED) is 0.906. The van der Waals surface area contributed by atoms with Gasteiger partial charge in [0.15, 0.2) is 0 Å². The molecular formula is C16H25NO2. The second kappa shape index (κ2) is 6.40. The zero-order valence-electron chi connectivity index (χ0n) is 12.2. The lowest BCUT2D eigenvalue weighted by atomic mass is 9.87. The van der Waals surface area contributed by atoms with E-state index in [2.05, 4.69) is 18.7 Å². The highest BCUT2D eigenvalue weighted by Crippen LogP contribution is 2.32. The smallest absolute Gasteiger partial charge is 0.119 e. The van der Waals surface area contributed by atoms with Crippen LogP contribution in [0.3, 0.4) is 0 Å². The number of aliphatic hydroxyl groups is 1. The Balaban J connectivity index is 1.98. The standard InChI is InChI=1S/C16H25NO2/c1-12(2)17-9-7-13(8-10-17)16(18)14-5-4-6-15(11-14)19-3/h4-6,11-13,16,18H,7-10H2,1-3H3. The van der Waals surface area contributed by atoms with Crippen molar-refractivity contribution >= 4 is 0 Å². The van der Waals surface area contributed by atoms with Crippen LogP contribution < -0.4 is 4.74 Å². The Morgan fingerprint density at radius 3 is 2.53 bits per heavy atom. The van der Waals surface area contributed by atoms with E-state index in [4.69, 9.17) is 4.74 Å². The molecule has 19 heavy (non-hydrogen) atoms. The van der Waals surface area contributed by atoms with Crippen LogP contribution in [0.15, 0.2) is 24.3 Å². The summed E-state index contributed by atoms with van der Waals surface area (Å²) in [6, 6.07) is 8.40. The van der Waals surface area contributed by atoms with Gasteiger partial charge in [-0.2, -0.15) is 0 Å². The van der Waals surface area contributed by atoms with Crippen molar-refractivity contribution in [1.29, 1.82) is 0 Å². The second-order valence-corrected chi connectivity index (χ2v) is 5.69. The highest BCUT2D eigenvalue weighted by Gasteiger charge is 2.27. The molecule has 0 amide bonds. The fraction of sp³-hybridized carbons (Fsp3) is 0.625. The Labute approximate surface area is 116 Å². The number of ether oxygens (including phenoxy) is 1. The van der Waals surface area contributed by atoms with Gasteiger partial charge in [-0.25, -0.2) is 0 Å². The molecule has 1 aromatic carbocycles. The maximum absolute atomic E-state index is 10.5. The SMILES string of the molecule is COc1cccc(C(O)C2CCN(C(C)C)CC2)c1. The molecule has 0 bridgehead atoms. The fourth-order valence-corrected chi connectivity index (χ4v) is 2.85. The van der Waals surface area contributed by atoms with Crippen molar-refractivity contribution in [3.63, 3.8) is 0 Å². The first kappa shape index (κ1) is 14.4. The predicted molar refractivity (Wildman–Crippen MR) is 77.4 cm³/mol. The number of benzene rings is 1. The summed E-state index contributed by atoms with van der Waals surface area (Å²) in [6.07, 6.45) is 1.76. The Bertz CT molecular complexity index is 397. The molecule has 0 aromatic heterocycles. The molecular weight excluding hydrogens is 238 g/mol. The molecule has 106 valence electrons. The molecule has 1 aliphatic rings. The van der Waals surface area contributed by atoms with Crippen LogP contribution in [0.5, 0.6) is 5.75 Å². The summed E-state index contributed by atoms with van der Waals surface area (Å²) in [5.41, 5.74) is 0.974. The topological polar surface area (TPSA) is 32.7 Å². The average Bonchev–Trinajstić information content (AvgIpc) is 2.46. The Morgan fingerprint density at radius 1 is 1.26 bits per heavy atom. The highest BCUT2D eigenvalue weighted by atomic mass is 16.5. The number of methoxy groups -OCH3 is 1. The van der Waals surface area contributed by atoms with Crippen LogP contribution in [0.1, 0.15) is 38.4 Å². The number of aliphatic hydroxyl groups excluding tert-OH is 1. The van der Waals surface area contributed by atoms with Crippen LogP contribution >= 0.6 is 0 Å². The van der Waals surface area contributed by atoms with Gasteiger partial charge in [0.1, 0.15) is 5.75 Å². The first-order valence-corrected chi connectivity index (χ1v) is 7.18. The van der Waals surface area contributed by atoms with Crippen molar-refractivity contribution in [2.45, 2.75) is 38.8 Å². The average molecular weight is 263 g/mol. The molecule has 0 radical (unpaired) electrons. The van der Waals surface area contributed by atoms with Crippen LogP contribution in [0.4, 0.5) is 0 Å². The molecule has 1 atom stereocenters. The summed E-state index contributed by atoms with van der Waals surface area (Å²) in [5.74, 6) is 1.18. The van der Waals surface area contributed by atoms with Gasteiger partial charge in [0.25, 0.3) is 0 Å². The summed E-state index contributed by atoms with van der Waals surface area (Å²) in [7, 11) is 1.66. The van der Waals surface area contributed by atoms with E-state index in [1.165, 1.54) is 0 Å². The predicted octanol–water partition coefficient (Wildman–Crippen LogP) is 2.85. The first-order valence-electron chi connectivity index (χ1n) is 7.18. The van der Waals surface area contributed by atoms with E-state index in [0.29, 0.717) is 12.0 Å². The number of piperidine rings is 1. The van der Waals surface area contributed by atoms with E-state index >= 15 is 0 Å². The van der Waals surface area contributed by atoms with Gasteiger partial charge < -0.3 is 14.7 Å². The van der Waals surface area contributed by atoms with Crippen molar-refractivity contribution in [1.82, 2.24) is 4.90 Å². The number of nitrogens with zero attached hydrogens (tertiary/aromatic N) is 1. The third-order valence-corrected chi connectivity index (χ3v) is 4.19. The highest BCUT2D eigenvalue weighted by molar-refractivity contribution is 5.30. The van der Waals surface area contributed by atoms with E-state index in [9.17, 15) is 5.11 Å². The van der Waals surface area contributed by atoms with Crippen LogP contribution in [-0.4, -0.2) is 36.2 Å². The van der Waals surface area contributed by atoms with E-state index in [1.807, 2.05) is 24.3 Å². The van der Waals surface area contributed by atoms with E-state index < -0.39 is 0 Å². The Hall–Kier alpha value is -1.06. The lowest BCUT2D eigenvalue weighted by molar-refractivity contribution is 0.0498. The maximum atomic E-state index is 10.5. The summed E-state index contributed by atoms with van der Waals surface area (Å²) >= 11 is 0. The third kappa shape index (κ3) is 3.48. The van der Waals surface area contributed by atoms with Gasteiger partial charge in [-0.3, -0.25) is 0 Å². The molecule has 0 spiro atoms. The lowest BCUT2D eigenvalue weighted by Crippen LogP contribution is -2.39. The zero-order valence-corrected chi connectivity index (χ0v) is 12.2. The molecule has 3 heteroatoms. The van der Waals surface area contributed by atoms with Crippen molar-refractivity contribution in [2.75, 3.05) is 20.2 Å².